The predicted molar refractivity (Wildman–Crippen MR) is 101 cm³/mol. The summed E-state index contributed by atoms with van der Waals surface area (Å²) in [6.45, 7) is 2.12. The smallest absolute Gasteiger partial charge is 0.134 e. The SMILES string of the molecule is Cc1coc2cccc(CCCc3[nH]ccc3Cc3cccnc3)c12. The molecule has 0 saturated heterocycles. The number of rotatable bonds is 6. The van der Waals surface area contributed by atoms with Gasteiger partial charge in [-0.25, -0.2) is 0 Å². The molecule has 0 fully saturated rings. The number of hydrogen-bond acceptors (Lipinski definition) is 2. The van der Waals surface area contributed by atoms with Crippen LogP contribution in [0.15, 0.2) is 65.7 Å². The molecule has 0 aliphatic rings. The highest BCUT2D eigenvalue weighted by Gasteiger charge is 2.09. The summed E-state index contributed by atoms with van der Waals surface area (Å²) in [5, 5.41) is 1.28. The minimum Gasteiger partial charge on any atom is -0.464 e. The largest absolute Gasteiger partial charge is 0.464 e. The molecule has 0 atom stereocenters. The molecule has 4 rings (SSSR count). The van der Waals surface area contributed by atoms with Gasteiger partial charge in [-0.05, 0) is 66.6 Å². The predicted octanol–water partition coefficient (Wildman–Crippen LogP) is 5.23. The maximum Gasteiger partial charge on any atom is 0.134 e. The standard InChI is InChI=1S/C22H22N2O/c1-16-15-25-21-9-3-7-18(22(16)21)6-2-8-20-19(10-12-24-20)13-17-5-4-11-23-14-17/h3-5,7,9-12,14-15,24H,2,6,8,13H2,1H3. The van der Waals surface area contributed by atoms with Crippen molar-refractivity contribution < 1.29 is 4.42 Å². The van der Waals surface area contributed by atoms with Crippen molar-refractivity contribution in [2.75, 3.05) is 0 Å². The van der Waals surface area contributed by atoms with E-state index in [1.165, 1.54) is 33.3 Å². The Balaban J connectivity index is 1.44. The summed E-state index contributed by atoms with van der Waals surface area (Å²) in [7, 11) is 0. The fourth-order valence-electron chi connectivity index (χ4n) is 3.55. The van der Waals surface area contributed by atoms with Crippen molar-refractivity contribution in [1.29, 1.82) is 0 Å². The number of fused-ring (bicyclic) bond motifs is 1. The molecule has 126 valence electrons. The second-order valence-corrected chi connectivity index (χ2v) is 6.58. The Labute approximate surface area is 147 Å². The molecular weight excluding hydrogens is 308 g/mol. The van der Waals surface area contributed by atoms with E-state index < -0.39 is 0 Å². The highest BCUT2D eigenvalue weighted by atomic mass is 16.3. The fraction of sp³-hybridized carbons (Fsp3) is 0.227. The number of benzene rings is 1. The van der Waals surface area contributed by atoms with Crippen LogP contribution in [0.25, 0.3) is 11.0 Å². The van der Waals surface area contributed by atoms with Crippen LogP contribution in [-0.2, 0) is 19.3 Å². The highest BCUT2D eigenvalue weighted by molar-refractivity contribution is 5.84. The molecule has 1 aromatic carbocycles. The first kappa shape index (κ1) is 15.7. The van der Waals surface area contributed by atoms with E-state index >= 15 is 0 Å². The van der Waals surface area contributed by atoms with Crippen LogP contribution in [0.5, 0.6) is 0 Å². The minimum absolute atomic E-state index is 0.934. The van der Waals surface area contributed by atoms with E-state index in [0.29, 0.717) is 0 Å². The Morgan fingerprint density at radius 3 is 2.88 bits per heavy atom. The molecule has 1 N–H and O–H groups in total. The van der Waals surface area contributed by atoms with Crippen LogP contribution < -0.4 is 0 Å². The summed E-state index contributed by atoms with van der Waals surface area (Å²) in [6.07, 6.45) is 11.8. The zero-order valence-corrected chi connectivity index (χ0v) is 14.5. The van der Waals surface area contributed by atoms with Gasteiger partial charge < -0.3 is 9.40 Å². The number of aromatic amines is 1. The first-order chi connectivity index (χ1) is 12.3. The summed E-state index contributed by atoms with van der Waals surface area (Å²) >= 11 is 0. The van der Waals surface area contributed by atoms with Gasteiger partial charge in [-0.3, -0.25) is 4.98 Å². The van der Waals surface area contributed by atoms with E-state index in [1.54, 1.807) is 0 Å². The Bertz CT molecular complexity index is 966. The number of pyridine rings is 1. The quantitative estimate of drug-likeness (QED) is 0.526. The minimum atomic E-state index is 0.934. The van der Waals surface area contributed by atoms with Gasteiger partial charge in [-0.15, -0.1) is 0 Å². The van der Waals surface area contributed by atoms with Crippen LogP contribution in [0, 0.1) is 6.92 Å². The van der Waals surface area contributed by atoms with Crippen LogP contribution >= 0.6 is 0 Å². The van der Waals surface area contributed by atoms with Gasteiger partial charge in [0.25, 0.3) is 0 Å². The van der Waals surface area contributed by atoms with Crippen molar-refractivity contribution in [2.45, 2.75) is 32.6 Å². The monoisotopic (exact) mass is 330 g/mol. The first-order valence-electron chi connectivity index (χ1n) is 8.81. The number of H-pyrrole nitrogens is 1. The second kappa shape index (κ2) is 6.98. The average molecular weight is 330 g/mol. The lowest BCUT2D eigenvalue weighted by Crippen LogP contribution is -1.96. The first-order valence-corrected chi connectivity index (χ1v) is 8.81. The van der Waals surface area contributed by atoms with Crippen LogP contribution in [0.2, 0.25) is 0 Å². The number of aryl methyl sites for hydroxylation is 3. The van der Waals surface area contributed by atoms with Gasteiger partial charge in [0.1, 0.15) is 5.58 Å². The van der Waals surface area contributed by atoms with Crippen molar-refractivity contribution in [3.05, 3.63) is 89.2 Å². The summed E-state index contributed by atoms with van der Waals surface area (Å²) in [4.78, 5) is 7.63. The number of nitrogens with one attached hydrogen (secondary N) is 1. The van der Waals surface area contributed by atoms with Gasteiger partial charge in [0.2, 0.25) is 0 Å². The molecule has 0 radical (unpaired) electrons. The Morgan fingerprint density at radius 1 is 1.04 bits per heavy atom. The second-order valence-electron chi connectivity index (χ2n) is 6.58. The zero-order valence-electron chi connectivity index (χ0n) is 14.5. The Hall–Kier alpha value is -2.81. The van der Waals surface area contributed by atoms with Gasteiger partial charge in [0.15, 0.2) is 0 Å². The number of furan rings is 1. The van der Waals surface area contributed by atoms with Crippen molar-refractivity contribution in [1.82, 2.24) is 9.97 Å². The van der Waals surface area contributed by atoms with Gasteiger partial charge in [-0.1, -0.05) is 18.2 Å². The molecule has 4 aromatic rings. The fourth-order valence-corrected chi connectivity index (χ4v) is 3.55. The van der Waals surface area contributed by atoms with Crippen LogP contribution in [-0.4, -0.2) is 9.97 Å². The normalized spacial score (nSPS) is 11.2. The topological polar surface area (TPSA) is 41.8 Å². The zero-order chi connectivity index (χ0) is 17.1. The molecule has 3 heterocycles. The highest BCUT2D eigenvalue weighted by Crippen LogP contribution is 2.26. The molecule has 25 heavy (non-hydrogen) atoms. The van der Waals surface area contributed by atoms with Gasteiger partial charge in [0, 0.05) is 36.1 Å². The van der Waals surface area contributed by atoms with Crippen LogP contribution in [0.4, 0.5) is 0 Å². The summed E-state index contributed by atoms with van der Waals surface area (Å²) in [6, 6.07) is 12.7. The third-order valence-corrected chi connectivity index (χ3v) is 4.79. The molecule has 3 nitrogen and oxygen atoms in total. The molecule has 0 amide bonds. The molecule has 0 spiro atoms. The molecule has 0 bridgehead atoms. The maximum absolute atomic E-state index is 5.61. The van der Waals surface area contributed by atoms with Crippen molar-refractivity contribution in [2.24, 2.45) is 0 Å². The van der Waals surface area contributed by atoms with E-state index in [4.69, 9.17) is 4.42 Å². The molecule has 0 unspecified atom stereocenters. The summed E-state index contributed by atoms with van der Waals surface area (Å²) in [5.41, 5.74) is 7.55. The lowest BCUT2D eigenvalue weighted by molar-refractivity contribution is 0.613. The molecule has 3 heteroatoms. The van der Waals surface area contributed by atoms with Crippen molar-refractivity contribution >= 4 is 11.0 Å². The number of hydrogen-bond donors (Lipinski definition) is 1. The summed E-state index contributed by atoms with van der Waals surface area (Å²) < 4.78 is 5.61. The van der Waals surface area contributed by atoms with Crippen LogP contribution in [0.3, 0.4) is 0 Å². The maximum atomic E-state index is 5.61. The van der Waals surface area contributed by atoms with E-state index in [-0.39, 0.29) is 0 Å². The van der Waals surface area contributed by atoms with Crippen LogP contribution in [0.1, 0.15) is 34.4 Å². The Kier molecular flexibility index (Phi) is 4.38. The molecule has 0 aliphatic heterocycles. The van der Waals surface area contributed by atoms with E-state index in [2.05, 4.69) is 41.2 Å². The number of aromatic nitrogens is 2. The number of nitrogens with zero attached hydrogens (tertiary/aromatic N) is 1. The van der Waals surface area contributed by atoms with Gasteiger partial charge in [-0.2, -0.15) is 0 Å². The molecule has 0 saturated carbocycles. The molecule has 3 aromatic heterocycles. The molecule has 0 aliphatic carbocycles. The molecular formula is C22H22N2O. The van der Waals surface area contributed by atoms with E-state index in [1.807, 2.05) is 37.0 Å². The van der Waals surface area contributed by atoms with Gasteiger partial charge in [0.05, 0.1) is 6.26 Å². The van der Waals surface area contributed by atoms with E-state index in [0.717, 1.165) is 31.3 Å². The van der Waals surface area contributed by atoms with Crippen molar-refractivity contribution in [3.63, 3.8) is 0 Å². The van der Waals surface area contributed by atoms with E-state index in [9.17, 15) is 0 Å². The summed E-state index contributed by atoms with van der Waals surface area (Å²) in [5.74, 6) is 0. The third kappa shape index (κ3) is 3.36. The lowest BCUT2D eigenvalue weighted by Gasteiger charge is -2.06. The lowest BCUT2D eigenvalue weighted by atomic mass is 9.99. The Morgan fingerprint density at radius 2 is 2.00 bits per heavy atom. The average Bonchev–Trinajstić information content (AvgIpc) is 3.23. The third-order valence-electron chi connectivity index (χ3n) is 4.79. The van der Waals surface area contributed by atoms with Crippen molar-refractivity contribution in [3.8, 4) is 0 Å². The van der Waals surface area contributed by atoms with Gasteiger partial charge >= 0.3 is 0 Å².